The molecule has 0 bridgehead atoms. The third kappa shape index (κ3) is 6.20. The maximum absolute atomic E-state index is 12.1. The summed E-state index contributed by atoms with van der Waals surface area (Å²) in [4.78, 5) is 25.2. The van der Waals surface area contributed by atoms with Gasteiger partial charge in [-0.15, -0.1) is 12.4 Å². The Hall–Kier alpha value is -1.59. The summed E-state index contributed by atoms with van der Waals surface area (Å²) in [6.07, 6.45) is 1.21. The van der Waals surface area contributed by atoms with Crippen LogP contribution in [0.25, 0.3) is 0 Å². The van der Waals surface area contributed by atoms with Crippen LogP contribution in [0.5, 0.6) is 5.75 Å². The zero-order chi connectivity index (χ0) is 15.9. The molecule has 0 spiro atoms. The molecule has 1 fully saturated rings. The van der Waals surface area contributed by atoms with Crippen LogP contribution in [0.3, 0.4) is 0 Å². The van der Waals surface area contributed by atoms with Crippen LogP contribution in [0.1, 0.15) is 37.0 Å². The van der Waals surface area contributed by atoms with Crippen LogP contribution in [0, 0.1) is 0 Å². The molecule has 5 nitrogen and oxygen atoms in total. The van der Waals surface area contributed by atoms with Gasteiger partial charge in [0.25, 0.3) is 0 Å². The highest BCUT2D eigenvalue weighted by atomic mass is 35.5. The Morgan fingerprint density at radius 2 is 2.00 bits per heavy atom. The molecule has 1 N–H and O–H groups in total. The van der Waals surface area contributed by atoms with Gasteiger partial charge in [0.2, 0.25) is 5.91 Å². The van der Waals surface area contributed by atoms with Crippen molar-refractivity contribution in [3.63, 3.8) is 0 Å². The molecule has 1 saturated heterocycles. The minimum absolute atomic E-state index is 0. The number of carbonyl (C=O) groups is 2. The lowest BCUT2D eigenvalue weighted by atomic mass is 10.1. The quantitative estimate of drug-likeness (QED) is 0.637. The smallest absolute Gasteiger partial charge is 0.222 e. The lowest BCUT2D eigenvalue weighted by molar-refractivity contribution is -0.132. The summed E-state index contributed by atoms with van der Waals surface area (Å²) in [5.41, 5.74) is 0.676. The summed E-state index contributed by atoms with van der Waals surface area (Å²) in [6, 6.07) is 7.46. The van der Waals surface area contributed by atoms with E-state index in [2.05, 4.69) is 12.2 Å². The zero-order valence-corrected chi connectivity index (χ0v) is 14.5. The normalized spacial score (nSPS) is 17.3. The predicted molar refractivity (Wildman–Crippen MR) is 92.5 cm³/mol. The van der Waals surface area contributed by atoms with E-state index in [1.165, 1.54) is 0 Å². The number of amides is 1. The van der Waals surface area contributed by atoms with Gasteiger partial charge in [0.1, 0.15) is 5.75 Å². The highest BCUT2D eigenvalue weighted by molar-refractivity contribution is 5.94. The first kappa shape index (κ1) is 19.5. The molecule has 23 heavy (non-hydrogen) atoms. The number of Topliss-reactive ketones (excluding diaryl/α,β-unsaturated/α-hetero) is 1. The van der Waals surface area contributed by atoms with Crippen molar-refractivity contribution in [3.8, 4) is 5.75 Å². The molecule has 6 heteroatoms. The standard InChI is InChI=1S/C17H24N2O3.ClH/c1-13-12-19(10-9-18-13)17(21)4-3-11-22-16-7-5-15(6-8-16)14(2)20;/h5-8,13,18H,3-4,9-12H2,1-2H3;1H. The summed E-state index contributed by atoms with van der Waals surface area (Å²) >= 11 is 0. The van der Waals surface area contributed by atoms with Crippen LogP contribution in [-0.2, 0) is 4.79 Å². The van der Waals surface area contributed by atoms with Gasteiger partial charge in [0.05, 0.1) is 6.61 Å². The first-order valence-corrected chi connectivity index (χ1v) is 7.81. The lowest BCUT2D eigenvalue weighted by Crippen LogP contribution is -2.51. The molecule has 1 aromatic carbocycles. The number of benzene rings is 1. The topological polar surface area (TPSA) is 58.6 Å². The number of hydrogen-bond donors (Lipinski definition) is 1. The fraction of sp³-hybridized carbons (Fsp3) is 0.529. The van der Waals surface area contributed by atoms with Gasteiger partial charge in [-0.2, -0.15) is 0 Å². The summed E-state index contributed by atoms with van der Waals surface area (Å²) in [5.74, 6) is 0.972. The van der Waals surface area contributed by atoms with E-state index < -0.39 is 0 Å². The zero-order valence-electron chi connectivity index (χ0n) is 13.7. The van der Waals surface area contributed by atoms with Crippen molar-refractivity contribution in [2.24, 2.45) is 0 Å². The Bertz CT molecular complexity index is 519. The summed E-state index contributed by atoms with van der Waals surface area (Å²) in [6.45, 7) is 6.58. The molecule has 1 amide bonds. The van der Waals surface area contributed by atoms with Crippen molar-refractivity contribution in [2.75, 3.05) is 26.2 Å². The second-order valence-electron chi connectivity index (χ2n) is 5.73. The van der Waals surface area contributed by atoms with Crippen molar-refractivity contribution in [1.82, 2.24) is 10.2 Å². The first-order valence-electron chi connectivity index (χ1n) is 7.81. The van der Waals surface area contributed by atoms with E-state index in [-0.39, 0.29) is 24.1 Å². The molecular weight excluding hydrogens is 316 g/mol. The molecule has 0 aliphatic carbocycles. The Morgan fingerprint density at radius 1 is 1.30 bits per heavy atom. The molecule has 0 aromatic heterocycles. The second-order valence-corrected chi connectivity index (χ2v) is 5.73. The largest absolute Gasteiger partial charge is 0.494 e. The molecule has 2 rings (SSSR count). The monoisotopic (exact) mass is 340 g/mol. The van der Waals surface area contributed by atoms with E-state index in [0.717, 1.165) is 25.4 Å². The van der Waals surface area contributed by atoms with E-state index in [9.17, 15) is 9.59 Å². The van der Waals surface area contributed by atoms with E-state index in [1.807, 2.05) is 4.90 Å². The average molecular weight is 341 g/mol. The molecule has 1 atom stereocenters. The number of rotatable bonds is 6. The molecule has 1 aromatic rings. The van der Waals surface area contributed by atoms with Gasteiger partial charge in [-0.05, 0) is 44.5 Å². The van der Waals surface area contributed by atoms with E-state index in [1.54, 1.807) is 31.2 Å². The first-order chi connectivity index (χ1) is 10.6. The Balaban J connectivity index is 0.00000264. The van der Waals surface area contributed by atoms with E-state index in [4.69, 9.17) is 4.74 Å². The maximum Gasteiger partial charge on any atom is 0.222 e. The number of ether oxygens (including phenoxy) is 1. The Morgan fingerprint density at radius 3 is 2.61 bits per heavy atom. The molecule has 1 heterocycles. The number of ketones is 1. The fourth-order valence-corrected chi connectivity index (χ4v) is 2.52. The number of piperazine rings is 1. The van der Waals surface area contributed by atoms with Gasteiger partial charge in [0.15, 0.2) is 5.78 Å². The Kier molecular flexibility index (Phi) is 8.06. The highest BCUT2D eigenvalue weighted by Crippen LogP contribution is 2.13. The van der Waals surface area contributed by atoms with Gasteiger partial charge < -0.3 is 15.0 Å². The van der Waals surface area contributed by atoms with Gasteiger partial charge in [0, 0.05) is 37.7 Å². The number of nitrogens with one attached hydrogen (secondary N) is 1. The Labute approximate surface area is 143 Å². The molecule has 1 unspecified atom stereocenters. The minimum Gasteiger partial charge on any atom is -0.494 e. The summed E-state index contributed by atoms with van der Waals surface area (Å²) in [5, 5.41) is 3.33. The molecule has 0 radical (unpaired) electrons. The van der Waals surface area contributed by atoms with Gasteiger partial charge in [-0.3, -0.25) is 9.59 Å². The van der Waals surface area contributed by atoms with Crippen molar-refractivity contribution >= 4 is 24.1 Å². The van der Waals surface area contributed by atoms with Gasteiger partial charge in [-0.25, -0.2) is 0 Å². The number of hydrogen-bond acceptors (Lipinski definition) is 4. The molecule has 128 valence electrons. The van der Waals surface area contributed by atoms with Gasteiger partial charge in [-0.1, -0.05) is 0 Å². The van der Waals surface area contributed by atoms with Crippen molar-refractivity contribution in [2.45, 2.75) is 32.7 Å². The number of carbonyl (C=O) groups excluding carboxylic acids is 2. The van der Waals surface area contributed by atoms with Gasteiger partial charge >= 0.3 is 0 Å². The molecule has 0 saturated carbocycles. The minimum atomic E-state index is 0. The number of halogens is 1. The van der Waals surface area contributed by atoms with Crippen molar-refractivity contribution in [3.05, 3.63) is 29.8 Å². The van der Waals surface area contributed by atoms with E-state index in [0.29, 0.717) is 31.1 Å². The third-order valence-corrected chi connectivity index (χ3v) is 3.79. The molecular formula is C17H25ClN2O3. The fourth-order valence-electron chi connectivity index (χ4n) is 2.52. The summed E-state index contributed by atoms with van der Waals surface area (Å²) in [7, 11) is 0. The summed E-state index contributed by atoms with van der Waals surface area (Å²) < 4.78 is 5.61. The van der Waals surface area contributed by atoms with Crippen LogP contribution in [-0.4, -0.2) is 48.9 Å². The van der Waals surface area contributed by atoms with Crippen molar-refractivity contribution < 1.29 is 14.3 Å². The molecule has 1 aliphatic rings. The van der Waals surface area contributed by atoms with Crippen LogP contribution >= 0.6 is 12.4 Å². The van der Waals surface area contributed by atoms with E-state index >= 15 is 0 Å². The van der Waals surface area contributed by atoms with Crippen LogP contribution in [0.4, 0.5) is 0 Å². The van der Waals surface area contributed by atoms with Crippen LogP contribution in [0.15, 0.2) is 24.3 Å². The third-order valence-electron chi connectivity index (χ3n) is 3.79. The predicted octanol–water partition coefficient (Wildman–Crippen LogP) is 2.29. The number of nitrogens with zero attached hydrogens (tertiary/aromatic N) is 1. The maximum atomic E-state index is 12.1. The highest BCUT2D eigenvalue weighted by Gasteiger charge is 2.19. The van der Waals surface area contributed by atoms with Crippen molar-refractivity contribution in [1.29, 1.82) is 0 Å². The van der Waals surface area contributed by atoms with Crippen LogP contribution < -0.4 is 10.1 Å². The lowest BCUT2D eigenvalue weighted by Gasteiger charge is -2.32. The second kappa shape index (κ2) is 9.53. The average Bonchev–Trinajstić information content (AvgIpc) is 2.51. The SMILES string of the molecule is CC(=O)c1ccc(OCCCC(=O)N2CCNC(C)C2)cc1.Cl. The molecule has 1 aliphatic heterocycles. The van der Waals surface area contributed by atoms with Crippen LogP contribution in [0.2, 0.25) is 0 Å².